The van der Waals surface area contributed by atoms with Crippen molar-refractivity contribution < 1.29 is 26.4 Å². The molecule has 0 fully saturated rings. The first kappa shape index (κ1) is 27.2. The van der Waals surface area contributed by atoms with Crippen LogP contribution in [0.25, 0.3) is 22.8 Å². The highest BCUT2D eigenvalue weighted by atomic mass is 32.2. The summed E-state index contributed by atoms with van der Waals surface area (Å²) in [7, 11) is -2.45. The minimum Gasteiger partial charge on any atom is -0.301 e. The summed E-state index contributed by atoms with van der Waals surface area (Å²) in [5, 5.41) is 6.59. The number of hydrogen-bond acceptors (Lipinski definition) is 5. The monoisotopic (exact) mass is 523 g/mol. The highest BCUT2D eigenvalue weighted by molar-refractivity contribution is 7.90. The van der Waals surface area contributed by atoms with E-state index in [0.717, 1.165) is 31.1 Å². The van der Waals surface area contributed by atoms with Gasteiger partial charge in [0.15, 0.2) is 0 Å². The molecule has 0 radical (unpaired) electrons. The third kappa shape index (κ3) is 5.88. The van der Waals surface area contributed by atoms with E-state index in [0.29, 0.717) is 34.5 Å². The lowest BCUT2D eigenvalue weighted by atomic mass is 10.1. The molecule has 12 heteroatoms. The number of carbonyl (C=O) groups is 1. The summed E-state index contributed by atoms with van der Waals surface area (Å²) in [6.45, 7) is 7.60. The Morgan fingerprint density at radius 2 is 2.00 bits per heavy atom. The summed E-state index contributed by atoms with van der Waals surface area (Å²) in [6, 6.07) is 5.12. The van der Waals surface area contributed by atoms with E-state index >= 15 is 0 Å². The van der Waals surface area contributed by atoms with Crippen LogP contribution in [0, 0.1) is 6.92 Å². The van der Waals surface area contributed by atoms with Gasteiger partial charge in [0.05, 0.1) is 16.8 Å². The average molecular weight is 524 g/mol. The third-order valence-corrected chi connectivity index (χ3v) is 7.07. The number of aryl methyl sites for hydroxylation is 2. The largest absolute Gasteiger partial charge is 0.416 e. The standard InChI is InChI=1S/C24H28F3N5O3S/c1-5-7-13-28-22(6-2)36(34,35)30-21(33)11-10-19-16(3)29-31(4)23(19)32-14-12-17-8-9-18(15-20(17)32)24(25,26)27/h6,8-12,14-15,22,28H,2,5,7,13H2,1,3-4H3,(H,30,33)/b11-10+. The predicted octanol–water partition coefficient (Wildman–Crippen LogP) is 4.05. The van der Waals surface area contributed by atoms with Crippen LogP contribution < -0.4 is 10.0 Å². The second-order valence-electron chi connectivity index (χ2n) is 8.21. The van der Waals surface area contributed by atoms with Crippen molar-refractivity contribution in [3.63, 3.8) is 0 Å². The number of hydrogen-bond donors (Lipinski definition) is 2. The number of halogens is 3. The Labute approximate surface area is 207 Å². The van der Waals surface area contributed by atoms with Crippen LogP contribution in [0.15, 0.2) is 49.2 Å². The summed E-state index contributed by atoms with van der Waals surface area (Å²) in [6.07, 6.45) is 2.36. The molecule has 0 aliphatic rings. The van der Waals surface area contributed by atoms with E-state index in [9.17, 15) is 26.4 Å². The van der Waals surface area contributed by atoms with Crippen LogP contribution in [0.4, 0.5) is 13.2 Å². The van der Waals surface area contributed by atoms with Gasteiger partial charge in [-0.05, 0) is 44.2 Å². The van der Waals surface area contributed by atoms with Crippen LogP contribution in [-0.2, 0) is 28.0 Å². The number of rotatable bonds is 10. The highest BCUT2D eigenvalue weighted by Crippen LogP contribution is 2.33. The van der Waals surface area contributed by atoms with Crippen LogP contribution in [0.1, 0.15) is 36.6 Å². The predicted molar refractivity (Wildman–Crippen MR) is 133 cm³/mol. The number of benzene rings is 1. The lowest BCUT2D eigenvalue weighted by molar-refractivity contribution is -0.137. The molecule has 0 spiro atoms. The van der Waals surface area contributed by atoms with E-state index in [-0.39, 0.29) is 0 Å². The molecular formula is C24H28F3N5O3S. The quantitative estimate of drug-likeness (QED) is 0.237. The van der Waals surface area contributed by atoms with Gasteiger partial charge in [-0.2, -0.15) is 18.3 Å². The van der Waals surface area contributed by atoms with Crippen LogP contribution >= 0.6 is 0 Å². The minimum atomic E-state index is -4.51. The number of alkyl halides is 3. The van der Waals surface area contributed by atoms with E-state index in [1.165, 1.54) is 22.9 Å². The molecule has 8 nitrogen and oxygen atoms in total. The normalized spacial score (nSPS) is 13.4. The first-order valence-corrected chi connectivity index (χ1v) is 12.8. The SMILES string of the molecule is C=CC(NCCCC)S(=O)(=O)NC(=O)/C=C/c1c(C)nn(C)c1-n1ccc2ccc(C(F)(F)F)cc21. The summed E-state index contributed by atoms with van der Waals surface area (Å²) in [5.41, 5.74) is 0.459. The molecule has 0 saturated carbocycles. The fourth-order valence-corrected chi connectivity index (χ4v) is 4.84. The smallest absolute Gasteiger partial charge is 0.301 e. The fourth-order valence-electron chi connectivity index (χ4n) is 3.77. The Morgan fingerprint density at radius 1 is 1.28 bits per heavy atom. The molecule has 0 bridgehead atoms. The molecular weight excluding hydrogens is 495 g/mol. The highest BCUT2D eigenvalue weighted by Gasteiger charge is 2.31. The van der Waals surface area contributed by atoms with Gasteiger partial charge < -0.3 is 4.57 Å². The molecule has 0 saturated heterocycles. The molecule has 1 atom stereocenters. The van der Waals surface area contributed by atoms with Crippen molar-refractivity contribution in [2.24, 2.45) is 7.05 Å². The first-order chi connectivity index (χ1) is 16.9. The minimum absolute atomic E-state index is 0.307. The summed E-state index contributed by atoms with van der Waals surface area (Å²) >= 11 is 0. The lowest BCUT2D eigenvalue weighted by Crippen LogP contribution is -2.44. The Balaban J connectivity index is 1.92. The number of sulfonamides is 1. The summed E-state index contributed by atoms with van der Waals surface area (Å²) < 4.78 is 70.0. The Hall–Kier alpha value is -3.38. The topological polar surface area (TPSA) is 98.0 Å². The Morgan fingerprint density at radius 3 is 2.64 bits per heavy atom. The molecule has 3 rings (SSSR count). The van der Waals surface area contributed by atoms with Crippen LogP contribution in [0.3, 0.4) is 0 Å². The lowest BCUT2D eigenvalue weighted by Gasteiger charge is -2.15. The zero-order chi connectivity index (χ0) is 26.7. The van der Waals surface area contributed by atoms with E-state index in [1.807, 2.05) is 11.6 Å². The van der Waals surface area contributed by atoms with Gasteiger partial charge in [0.25, 0.3) is 15.9 Å². The maximum absolute atomic E-state index is 13.3. The van der Waals surface area contributed by atoms with Crippen molar-refractivity contribution in [1.29, 1.82) is 0 Å². The zero-order valence-corrected chi connectivity index (χ0v) is 20.9. The van der Waals surface area contributed by atoms with Crippen LogP contribution in [0.5, 0.6) is 0 Å². The molecule has 36 heavy (non-hydrogen) atoms. The number of carbonyl (C=O) groups excluding carboxylic acids is 1. The van der Waals surface area contributed by atoms with Gasteiger partial charge in [-0.1, -0.05) is 25.5 Å². The van der Waals surface area contributed by atoms with Gasteiger partial charge >= 0.3 is 6.18 Å². The van der Waals surface area contributed by atoms with Gasteiger partial charge in [-0.15, -0.1) is 6.58 Å². The maximum atomic E-state index is 13.3. The van der Waals surface area contributed by atoms with E-state index in [4.69, 9.17) is 0 Å². The molecule has 1 amide bonds. The molecule has 0 aliphatic carbocycles. The summed E-state index contributed by atoms with van der Waals surface area (Å²) in [5.74, 6) is -0.469. The van der Waals surface area contributed by atoms with Crippen molar-refractivity contribution in [2.75, 3.05) is 6.54 Å². The number of fused-ring (bicyclic) bond motifs is 1. The van der Waals surface area contributed by atoms with Crippen molar-refractivity contribution >= 4 is 32.9 Å². The third-order valence-electron chi connectivity index (χ3n) is 5.55. The molecule has 1 unspecified atom stereocenters. The zero-order valence-electron chi connectivity index (χ0n) is 20.1. The van der Waals surface area contributed by atoms with Gasteiger partial charge in [-0.25, -0.2) is 13.1 Å². The van der Waals surface area contributed by atoms with E-state index < -0.39 is 33.0 Å². The maximum Gasteiger partial charge on any atom is 0.416 e. The van der Waals surface area contributed by atoms with Crippen LogP contribution in [-0.4, -0.2) is 40.6 Å². The van der Waals surface area contributed by atoms with Gasteiger partial charge in [0.2, 0.25) is 0 Å². The number of aromatic nitrogens is 3. The van der Waals surface area contributed by atoms with Gasteiger partial charge in [0.1, 0.15) is 11.2 Å². The van der Waals surface area contributed by atoms with Crippen molar-refractivity contribution in [2.45, 2.75) is 38.2 Å². The van der Waals surface area contributed by atoms with Gasteiger partial charge in [-0.3, -0.25) is 14.8 Å². The number of amides is 1. The fraction of sp³-hybridized carbons (Fsp3) is 0.333. The number of nitrogens with zero attached hydrogens (tertiary/aromatic N) is 3. The molecule has 0 aliphatic heterocycles. The summed E-state index contributed by atoms with van der Waals surface area (Å²) in [4.78, 5) is 12.5. The molecule has 194 valence electrons. The number of nitrogens with one attached hydrogen (secondary N) is 2. The van der Waals surface area contributed by atoms with Crippen molar-refractivity contribution in [3.05, 3.63) is 66.0 Å². The molecule has 3 aromatic rings. The van der Waals surface area contributed by atoms with Crippen molar-refractivity contribution in [3.8, 4) is 5.82 Å². The Kier molecular flexibility index (Phi) is 8.09. The molecule has 2 aromatic heterocycles. The first-order valence-electron chi connectivity index (χ1n) is 11.2. The van der Waals surface area contributed by atoms with E-state index in [2.05, 4.69) is 17.0 Å². The van der Waals surface area contributed by atoms with Gasteiger partial charge in [0, 0.05) is 30.3 Å². The van der Waals surface area contributed by atoms with Crippen LogP contribution in [0.2, 0.25) is 0 Å². The molecule has 2 heterocycles. The molecule has 1 aromatic carbocycles. The number of unbranched alkanes of at least 4 members (excludes halogenated alkanes) is 1. The van der Waals surface area contributed by atoms with E-state index in [1.54, 1.807) is 30.8 Å². The average Bonchev–Trinajstić information content (AvgIpc) is 3.32. The second kappa shape index (κ2) is 10.7. The van der Waals surface area contributed by atoms with Crippen molar-refractivity contribution in [1.82, 2.24) is 24.4 Å². The second-order valence-corrected chi connectivity index (χ2v) is 10.0. The Bertz CT molecular complexity index is 1400. The molecule has 2 N–H and O–H groups in total.